The molecule has 3 aromatic carbocycles. The van der Waals surface area contributed by atoms with Crippen molar-refractivity contribution in [2.24, 2.45) is 0 Å². The van der Waals surface area contributed by atoms with Crippen molar-refractivity contribution >= 4 is 23.5 Å². The van der Waals surface area contributed by atoms with Crippen molar-refractivity contribution in [3.05, 3.63) is 101 Å². The van der Waals surface area contributed by atoms with Gasteiger partial charge in [0.1, 0.15) is 6.61 Å². The summed E-state index contributed by atoms with van der Waals surface area (Å²) in [6, 6.07) is 16.6. The highest BCUT2D eigenvalue weighted by Gasteiger charge is 2.36. The molecule has 2 amide bonds. The Morgan fingerprint density at radius 3 is 2.13 bits per heavy atom. The molecule has 31 heavy (non-hydrogen) atoms. The van der Waals surface area contributed by atoms with Crippen LogP contribution in [0.15, 0.2) is 72.8 Å². The summed E-state index contributed by atoms with van der Waals surface area (Å²) < 4.78 is 43.6. The number of anilines is 1. The average molecular weight is 425 g/mol. The third-order valence-electron chi connectivity index (χ3n) is 4.76. The van der Waals surface area contributed by atoms with Crippen LogP contribution in [0.1, 0.15) is 42.2 Å². The zero-order valence-corrected chi connectivity index (χ0v) is 15.8. The van der Waals surface area contributed by atoms with Gasteiger partial charge in [-0.2, -0.15) is 13.2 Å². The van der Waals surface area contributed by atoms with Gasteiger partial charge in [-0.25, -0.2) is 9.69 Å². The van der Waals surface area contributed by atoms with E-state index in [9.17, 15) is 27.6 Å². The largest absolute Gasteiger partial charge is 0.457 e. The zero-order valence-electron chi connectivity index (χ0n) is 15.8. The molecule has 3 aromatic rings. The van der Waals surface area contributed by atoms with E-state index in [1.807, 2.05) is 0 Å². The number of esters is 1. The molecule has 0 unspecified atom stereocenters. The first kappa shape index (κ1) is 20.3. The van der Waals surface area contributed by atoms with Crippen LogP contribution in [0.25, 0.3) is 0 Å². The van der Waals surface area contributed by atoms with Gasteiger partial charge < -0.3 is 4.74 Å². The summed E-state index contributed by atoms with van der Waals surface area (Å²) in [7, 11) is 0. The number of hydrogen-bond donors (Lipinski definition) is 0. The number of fused-ring (bicyclic) bond motifs is 1. The van der Waals surface area contributed by atoms with Crippen molar-refractivity contribution < 1.29 is 32.3 Å². The van der Waals surface area contributed by atoms with Crippen LogP contribution in [0.5, 0.6) is 0 Å². The molecule has 0 N–H and O–H groups in total. The molecular formula is C23H14F3NO4. The third kappa shape index (κ3) is 3.92. The molecular weight excluding hydrogens is 411 g/mol. The number of rotatable bonds is 4. The Balaban J connectivity index is 1.51. The fourth-order valence-electron chi connectivity index (χ4n) is 3.27. The molecule has 0 spiro atoms. The number of amides is 2. The number of alkyl halides is 3. The smallest absolute Gasteiger partial charge is 0.416 e. The number of hydrogen-bond acceptors (Lipinski definition) is 4. The second kappa shape index (κ2) is 7.71. The van der Waals surface area contributed by atoms with Crippen LogP contribution in [0, 0.1) is 0 Å². The van der Waals surface area contributed by atoms with Crippen molar-refractivity contribution in [1.82, 2.24) is 0 Å². The second-order valence-electron chi connectivity index (χ2n) is 6.82. The van der Waals surface area contributed by atoms with Gasteiger partial charge in [0, 0.05) is 0 Å². The predicted octanol–water partition coefficient (Wildman–Crippen LogP) is 4.86. The number of benzene rings is 3. The minimum Gasteiger partial charge on any atom is -0.457 e. The summed E-state index contributed by atoms with van der Waals surface area (Å²) in [6.07, 6.45) is -4.50. The standard InChI is InChI=1S/C23H14F3NO4/c24-23(25,26)16-7-3-5-14(11-16)13-31-22(30)15-6-4-8-17(12-15)27-20(28)18-9-1-2-10-19(18)21(27)29/h1-12H,13H2. The van der Waals surface area contributed by atoms with Gasteiger partial charge in [-0.1, -0.05) is 30.3 Å². The molecule has 5 nitrogen and oxygen atoms in total. The van der Waals surface area contributed by atoms with Crippen LogP contribution in [-0.4, -0.2) is 17.8 Å². The van der Waals surface area contributed by atoms with Gasteiger partial charge >= 0.3 is 12.1 Å². The number of halogens is 3. The van der Waals surface area contributed by atoms with E-state index in [2.05, 4.69) is 0 Å². The number of carbonyl (C=O) groups is 3. The normalized spacial score (nSPS) is 13.3. The van der Waals surface area contributed by atoms with E-state index in [0.717, 1.165) is 17.0 Å². The van der Waals surface area contributed by atoms with E-state index < -0.39 is 29.5 Å². The van der Waals surface area contributed by atoms with Crippen LogP contribution in [-0.2, 0) is 17.5 Å². The Morgan fingerprint density at radius 1 is 0.839 bits per heavy atom. The van der Waals surface area contributed by atoms with Gasteiger partial charge in [0.15, 0.2) is 0 Å². The first-order chi connectivity index (χ1) is 14.8. The van der Waals surface area contributed by atoms with E-state index in [1.54, 1.807) is 24.3 Å². The third-order valence-corrected chi connectivity index (χ3v) is 4.76. The summed E-state index contributed by atoms with van der Waals surface area (Å²) in [6.45, 7) is -0.361. The number of imide groups is 1. The van der Waals surface area contributed by atoms with Crippen LogP contribution in [0.4, 0.5) is 18.9 Å². The quantitative estimate of drug-likeness (QED) is 0.442. The van der Waals surface area contributed by atoms with Crippen molar-refractivity contribution in [1.29, 1.82) is 0 Å². The molecule has 0 saturated heterocycles. The lowest BCUT2D eigenvalue weighted by Crippen LogP contribution is -2.29. The lowest BCUT2D eigenvalue weighted by Gasteiger charge is -2.15. The summed E-state index contributed by atoms with van der Waals surface area (Å²) >= 11 is 0. The number of ether oxygens (including phenoxy) is 1. The van der Waals surface area contributed by atoms with Gasteiger partial charge in [0.2, 0.25) is 0 Å². The van der Waals surface area contributed by atoms with E-state index in [4.69, 9.17) is 4.74 Å². The summed E-state index contributed by atoms with van der Waals surface area (Å²) in [4.78, 5) is 38.6. The van der Waals surface area contributed by atoms with E-state index in [0.29, 0.717) is 0 Å². The van der Waals surface area contributed by atoms with Crippen LogP contribution >= 0.6 is 0 Å². The van der Waals surface area contributed by atoms with Crippen LogP contribution < -0.4 is 4.90 Å². The second-order valence-corrected chi connectivity index (χ2v) is 6.82. The Kier molecular flexibility index (Phi) is 5.06. The fraction of sp³-hybridized carbons (Fsp3) is 0.0870. The van der Waals surface area contributed by atoms with Crippen molar-refractivity contribution in [2.75, 3.05) is 4.90 Å². The molecule has 0 atom stereocenters. The molecule has 0 aliphatic carbocycles. The molecule has 1 aliphatic rings. The summed E-state index contributed by atoms with van der Waals surface area (Å²) in [5.41, 5.74) is 0.129. The molecule has 1 aliphatic heterocycles. The molecule has 8 heteroatoms. The summed E-state index contributed by atoms with van der Waals surface area (Å²) in [5.74, 6) is -1.80. The number of nitrogens with zero attached hydrogens (tertiary/aromatic N) is 1. The summed E-state index contributed by atoms with van der Waals surface area (Å²) in [5, 5.41) is 0. The molecule has 156 valence electrons. The predicted molar refractivity (Wildman–Crippen MR) is 105 cm³/mol. The maximum absolute atomic E-state index is 12.8. The topological polar surface area (TPSA) is 63.7 Å². The van der Waals surface area contributed by atoms with Crippen LogP contribution in [0.2, 0.25) is 0 Å². The van der Waals surface area contributed by atoms with Crippen molar-refractivity contribution in [3.8, 4) is 0 Å². The Morgan fingerprint density at radius 2 is 1.48 bits per heavy atom. The Labute approximate surface area is 174 Å². The molecule has 0 radical (unpaired) electrons. The highest BCUT2D eigenvalue weighted by molar-refractivity contribution is 6.34. The molecule has 1 heterocycles. The fourth-order valence-corrected chi connectivity index (χ4v) is 3.27. The van der Waals surface area contributed by atoms with Crippen molar-refractivity contribution in [3.63, 3.8) is 0 Å². The monoisotopic (exact) mass is 425 g/mol. The zero-order chi connectivity index (χ0) is 22.2. The maximum Gasteiger partial charge on any atom is 0.416 e. The molecule has 0 fully saturated rings. The number of carbonyl (C=O) groups excluding carboxylic acids is 3. The average Bonchev–Trinajstić information content (AvgIpc) is 3.02. The lowest BCUT2D eigenvalue weighted by atomic mass is 10.1. The maximum atomic E-state index is 12.8. The molecule has 0 aromatic heterocycles. The lowest BCUT2D eigenvalue weighted by molar-refractivity contribution is -0.137. The Bertz CT molecular complexity index is 1170. The van der Waals surface area contributed by atoms with E-state index in [-0.39, 0.29) is 34.5 Å². The minimum absolute atomic E-state index is 0.0565. The van der Waals surface area contributed by atoms with Crippen molar-refractivity contribution in [2.45, 2.75) is 12.8 Å². The van der Waals surface area contributed by atoms with E-state index >= 15 is 0 Å². The van der Waals surface area contributed by atoms with Crippen LogP contribution in [0.3, 0.4) is 0 Å². The Hall–Kier alpha value is -3.94. The highest BCUT2D eigenvalue weighted by Crippen LogP contribution is 2.30. The highest BCUT2D eigenvalue weighted by atomic mass is 19.4. The van der Waals surface area contributed by atoms with Gasteiger partial charge in [-0.3, -0.25) is 9.59 Å². The van der Waals surface area contributed by atoms with Gasteiger partial charge in [0.25, 0.3) is 11.8 Å². The first-order valence-electron chi connectivity index (χ1n) is 9.17. The molecule has 4 rings (SSSR count). The van der Waals surface area contributed by atoms with E-state index in [1.165, 1.54) is 36.4 Å². The SMILES string of the molecule is O=C(OCc1cccc(C(F)(F)F)c1)c1cccc(N2C(=O)c3ccccc3C2=O)c1. The molecule has 0 bridgehead atoms. The van der Waals surface area contributed by atoms with Gasteiger partial charge in [-0.15, -0.1) is 0 Å². The van der Waals surface area contributed by atoms with Gasteiger partial charge in [0.05, 0.1) is 27.9 Å². The first-order valence-corrected chi connectivity index (χ1v) is 9.17. The van der Waals surface area contributed by atoms with Gasteiger partial charge in [-0.05, 0) is 48.0 Å². The molecule has 0 saturated carbocycles. The minimum atomic E-state index is -4.50.